The van der Waals surface area contributed by atoms with E-state index in [1.807, 2.05) is 10.5 Å². The molecule has 0 aliphatic carbocycles. The van der Waals surface area contributed by atoms with E-state index in [9.17, 15) is 0 Å². The normalized spacial score (nSPS) is 15.2. The van der Waals surface area contributed by atoms with Gasteiger partial charge < -0.3 is 4.74 Å². The zero-order chi connectivity index (χ0) is 11.3. The number of hydrogen-bond acceptors (Lipinski definition) is 3. The lowest BCUT2D eigenvalue weighted by atomic mass is 9.96. The van der Waals surface area contributed by atoms with Crippen LogP contribution in [0.5, 0.6) is 5.88 Å². The zero-order valence-corrected chi connectivity index (χ0v) is 9.82. The molecule has 0 radical (unpaired) electrons. The van der Waals surface area contributed by atoms with Crippen molar-refractivity contribution in [1.82, 2.24) is 14.6 Å². The van der Waals surface area contributed by atoms with Gasteiger partial charge in [0.25, 0.3) is 0 Å². The molecule has 2 aromatic rings. The van der Waals surface area contributed by atoms with Crippen LogP contribution >= 0.6 is 0 Å². The topological polar surface area (TPSA) is 39.4 Å². The molecule has 4 nitrogen and oxygen atoms in total. The molecule has 4 heteroatoms. The van der Waals surface area contributed by atoms with E-state index in [0.29, 0.717) is 0 Å². The van der Waals surface area contributed by atoms with Gasteiger partial charge in [0.2, 0.25) is 5.88 Å². The zero-order valence-electron chi connectivity index (χ0n) is 9.82. The average Bonchev–Trinajstić information content (AvgIpc) is 2.81. The van der Waals surface area contributed by atoms with Crippen molar-refractivity contribution in [3.8, 4) is 5.88 Å². The Hall–Kier alpha value is -1.58. The Morgan fingerprint density at radius 2 is 2.06 bits per heavy atom. The summed E-state index contributed by atoms with van der Waals surface area (Å²) in [5.41, 5.74) is 2.09. The van der Waals surface area contributed by atoms with Crippen molar-refractivity contribution in [3.63, 3.8) is 0 Å². The van der Waals surface area contributed by atoms with Crippen molar-refractivity contribution in [2.75, 3.05) is 6.61 Å². The Morgan fingerprint density at radius 1 is 1.25 bits per heavy atom. The van der Waals surface area contributed by atoms with Crippen molar-refractivity contribution < 1.29 is 4.74 Å². The predicted octanol–water partition coefficient (Wildman–Crippen LogP) is 1.96. The Labute approximate surface area is 94.3 Å². The van der Waals surface area contributed by atoms with Gasteiger partial charge in [-0.05, 0) is 12.1 Å². The van der Waals surface area contributed by atoms with Crippen LogP contribution in [0.15, 0.2) is 12.1 Å². The number of nitrogens with zero attached hydrogens (tertiary/aromatic N) is 3. The summed E-state index contributed by atoms with van der Waals surface area (Å²) < 4.78 is 7.73. The van der Waals surface area contributed by atoms with E-state index in [4.69, 9.17) is 4.74 Å². The number of fused-ring (bicyclic) bond motifs is 3. The van der Waals surface area contributed by atoms with Crippen LogP contribution in [0.1, 0.15) is 32.2 Å². The van der Waals surface area contributed by atoms with Crippen molar-refractivity contribution in [2.24, 2.45) is 0 Å². The number of aromatic nitrogens is 3. The lowest BCUT2D eigenvalue weighted by Gasteiger charge is -2.17. The number of ether oxygens (including phenoxy) is 1. The summed E-state index contributed by atoms with van der Waals surface area (Å²) in [6.07, 6.45) is 0.979. The summed E-state index contributed by atoms with van der Waals surface area (Å²) in [5, 5.41) is 8.47. The molecule has 0 spiro atoms. The van der Waals surface area contributed by atoms with Gasteiger partial charge in [0, 0.05) is 17.4 Å². The van der Waals surface area contributed by atoms with Crippen LogP contribution in [-0.2, 0) is 11.8 Å². The van der Waals surface area contributed by atoms with E-state index in [1.54, 1.807) is 0 Å². The van der Waals surface area contributed by atoms with Crippen LogP contribution in [-0.4, -0.2) is 21.2 Å². The number of rotatable bonds is 0. The van der Waals surface area contributed by atoms with Gasteiger partial charge >= 0.3 is 0 Å². The highest BCUT2D eigenvalue weighted by atomic mass is 16.5. The van der Waals surface area contributed by atoms with Gasteiger partial charge in [0.1, 0.15) is 5.82 Å². The molecular formula is C12H15N3O. The maximum atomic E-state index is 5.69. The van der Waals surface area contributed by atoms with Crippen LogP contribution in [0.2, 0.25) is 0 Å². The molecular weight excluding hydrogens is 202 g/mol. The maximum absolute atomic E-state index is 5.69. The monoisotopic (exact) mass is 217 g/mol. The first-order valence-electron chi connectivity index (χ1n) is 5.58. The summed E-state index contributed by atoms with van der Waals surface area (Å²) in [6.45, 7) is 7.17. The third-order valence-corrected chi connectivity index (χ3v) is 2.88. The fourth-order valence-corrected chi connectivity index (χ4v) is 2.09. The number of hydrogen-bond donors (Lipinski definition) is 0. The van der Waals surface area contributed by atoms with Gasteiger partial charge in [-0.2, -0.15) is 0 Å². The van der Waals surface area contributed by atoms with Crippen LogP contribution in [0, 0.1) is 0 Å². The Morgan fingerprint density at radius 3 is 2.81 bits per heavy atom. The molecule has 0 aromatic carbocycles. The largest absolute Gasteiger partial charge is 0.478 e. The van der Waals surface area contributed by atoms with E-state index in [1.165, 1.54) is 5.56 Å². The SMILES string of the molecule is CC(C)(C)c1nnc2ccc3c(n12)OCC3. The first kappa shape index (κ1) is 9.63. The van der Waals surface area contributed by atoms with Crippen molar-refractivity contribution in [3.05, 3.63) is 23.5 Å². The molecule has 2 aromatic heterocycles. The van der Waals surface area contributed by atoms with E-state index in [0.717, 1.165) is 30.4 Å². The van der Waals surface area contributed by atoms with E-state index in [2.05, 4.69) is 37.0 Å². The summed E-state index contributed by atoms with van der Waals surface area (Å²) in [6, 6.07) is 4.09. The second-order valence-electron chi connectivity index (χ2n) is 5.23. The molecule has 0 fully saturated rings. The fourth-order valence-electron chi connectivity index (χ4n) is 2.09. The highest BCUT2D eigenvalue weighted by molar-refractivity contribution is 5.48. The van der Waals surface area contributed by atoms with Gasteiger partial charge in [-0.25, -0.2) is 4.40 Å². The van der Waals surface area contributed by atoms with Gasteiger partial charge in [0.15, 0.2) is 5.65 Å². The van der Waals surface area contributed by atoms with Crippen molar-refractivity contribution in [2.45, 2.75) is 32.6 Å². The molecule has 3 rings (SSSR count). The molecule has 0 unspecified atom stereocenters. The molecule has 84 valence electrons. The quantitative estimate of drug-likeness (QED) is 0.677. The highest BCUT2D eigenvalue weighted by Crippen LogP contribution is 2.30. The molecule has 1 aliphatic heterocycles. The minimum atomic E-state index is -0.0273. The van der Waals surface area contributed by atoms with Crippen LogP contribution < -0.4 is 4.74 Å². The van der Waals surface area contributed by atoms with E-state index >= 15 is 0 Å². The van der Waals surface area contributed by atoms with Gasteiger partial charge in [-0.3, -0.25) is 0 Å². The minimum Gasteiger partial charge on any atom is -0.478 e. The second kappa shape index (κ2) is 2.97. The summed E-state index contributed by atoms with van der Waals surface area (Å²) in [7, 11) is 0. The third kappa shape index (κ3) is 1.22. The van der Waals surface area contributed by atoms with E-state index < -0.39 is 0 Å². The van der Waals surface area contributed by atoms with Crippen molar-refractivity contribution >= 4 is 5.65 Å². The van der Waals surface area contributed by atoms with Crippen LogP contribution in [0.25, 0.3) is 5.65 Å². The summed E-state index contributed by atoms with van der Waals surface area (Å²) >= 11 is 0. The standard InChI is InChI=1S/C12H15N3O/c1-12(2,3)11-14-13-9-5-4-8-6-7-16-10(8)15(9)11/h4-5H,6-7H2,1-3H3. The van der Waals surface area contributed by atoms with Crippen LogP contribution in [0.4, 0.5) is 0 Å². The van der Waals surface area contributed by atoms with Crippen LogP contribution in [0.3, 0.4) is 0 Å². The molecule has 0 bridgehead atoms. The predicted molar refractivity (Wildman–Crippen MR) is 60.9 cm³/mol. The average molecular weight is 217 g/mol. The Bertz CT molecular complexity index is 551. The fraction of sp³-hybridized carbons (Fsp3) is 0.500. The smallest absolute Gasteiger partial charge is 0.204 e. The van der Waals surface area contributed by atoms with Crippen molar-refractivity contribution in [1.29, 1.82) is 0 Å². The molecule has 3 heterocycles. The molecule has 1 aliphatic rings. The maximum Gasteiger partial charge on any atom is 0.204 e. The van der Waals surface area contributed by atoms with E-state index in [-0.39, 0.29) is 5.41 Å². The molecule has 0 saturated carbocycles. The highest BCUT2D eigenvalue weighted by Gasteiger charge is 2.25. The lowest BCUT2D eigenvalue weighted by molar-refractivity contribution is 0.336. The Kier molecular flexibility index (Phi) is 1.79. The van der Waals surface area contributed by atoms with Gasteiger partial charge in [0.05, 0.1) is 6.61 Å². The Balaban J connectivity index is 2.36. The molecule has 0 N–H and O–H groups in total. The molecule has 0 saturated heterocycles. The minimum absolute atomic E-state index is 0.0273. The molecule has 16 heavy (non-hydrogen) atoms. The summed E-state index contributed by atoms with van der Waals surface area (Å²) in [5.74, 6) is 1.88. The third-order valence-electron chi connectivity index (χ3n) is 2.88. The summed E-state index contributed by atoms with van der Waals surface area (Å²) in [4.78, 5) is 0. The lowest BCUT2D eigenvalue weighted by Crippen LogP contribution is -2.16. The second-order valence-corrected chi connectivity index (χ2v) is 5.23. The van der Waals surface area contributed by atoms with Gasteiger partial charge in [-0.15, -0.1) is 10.2 Å². The van der Waals surface area contributed by atoms with Gasteiger partial charge in [-0.1, -0.05) is 20.8 Å². The molecule has 0 amide bonds. The molecule has 0 atom stereocenters. The first-order valence-corrected chi connectivity index (χ1v) is 5.58. The number of pyridine rings is 1. The first-order chi connectivity index (χ1) is 7.57.